The van der Waals surface area contributed by atoms with Gasteiger partial charge in [0.25, 0.3) is 5.91 Å². The van der Waals surface area contributed by atoms with E-state index in [2.05, 4.69) is 0 Å². The number of methoxy groups -OCH3 is 1. The van der Waals surface area contributed by atoms with Crippen molar-refractivity contribution in [2.45, 2.75) is 6.54 Å². The molecule has 0 unspecified atom stereocenters. The Morgan fingerprint density at radius 3 is 2.57 bits per heavy atom. The second kappa shape index (κ2) is 7.85. The molecule has 0 saturated carbocycles. The van der Waals surface area contributed by atoms with E-state index in [9.17, 15) is 4.79 Å². The molecule has 2 aromatic carbocycles. The Balaban J connectivity index is 1.87. The Kier molecular flexibility index (Phi) is 5.59. The van der Waals surface area contributed by atoms with Gasteiger partial charge >= 0.3 is 0 Å². The highest BCUT2D eigenvalue weighted by Gasteiger charge is 2.10. The summed E-state index contributed by atoms with van der Waals surface area (Å²) in [5.74, 6) is 1.20. The van der Waals surface area contributed by atoms with Crippen LogP contribution in [0.15, 0.2) is 48.5 Å². The highest BCUT2D eigenvalue weighted by Crippen LogP contribution is 2.14. The molecule has 0 atom stereocenters. The number of rotatable bonds is 6. The summed E-state index contributed by atoms with van der Waals surface area (Å²) in [6.45, 7) is 0.430. The van der Waals surface area contributed by atoms with Gasteiger partial charge < -0.3 is 14.4 Å². The zero-order chi connectivity index (χ0) is 16.7. The molecule has 118 valence electrons. The maximum atomic E-state index is 12.1. The Morgan fingerprint density at radius 1 is 1.17 bits per heavy atom. The van der Waals surface area contributed by atoms with Crippen molar-refractivity contribution < 1.29 is 14.3 Å². The van der Waals surface area contributed by atoms with Crippen molar-refractivity contribution in [3.63, 3.8) is 0 Å². The van der Waals surface area contributed by atoms with Crippen molar-refractivity contribution in [3.8, 4) is 17.6 Å². The maximum absolute atomic E-state index is 12.1. The fourth-order valence-electron chi connectivity index (χ4n) is 2.01. The van der Waals surface area contributed by atoms with Crippen molar-refractivity contribution in [3.05, 3.63) is 59.7 Å². The molecule has 5 heteroatoms. The molecule has 0 aliphatic heterocycles. The third kappa shape index (κ3) is 4.75. The third-order valence-electron chi connectivity index (χ3n) is 3.33. The van der Waals surface area contributed by atoms with Crippen LogP contribution >= 0.6 is 0 Å². The molecule has 0 fully saturated rings. The van der Waals surface area contributed by atoms with Crippen LogP contribution in [0.5, 0.6) is 11.5 Å². The summed E-state index contributed by atoms with van der Waals surface area (Å²) in [6.07, 6.45) is 0. The molecule has 0 aromatic heterocycles. The number of hydrogen-bond acceptors (Lipinski definition) is 4. The number of benzene rings is 2. The number of ether oxygens (including phenoxy) is 2. The SMILES string of the molecule is COc1cccc(CN(C)C(=O)COc2ccc(C#N)cc2)c1. The number of carbonyl (C=O) groups is 1. The van der Waals surface area contributed by atoms with Crippen LogP contribution in [-0.4, -0.2) is 31.6 Å². The standard InChI is InChI=1S/C18H18N2O3/c1-20(12-15-4-3-5-17(10-15)22-2)18(21)13-23-16-8-6-14(11-19)7-9-16/h3-10H,12-13H2,1-2H3. The van der Waals surface area contributed by atoms with E-state index >= 15 is 0 Å². The van der Waals surface area contributed by atoms with Crippen LogP contribution in [0.3, 0.4) is 0 Å². The molecular formula is C18H18N2O3. The Labute approximate surface area is 135 Å². The molecular weight excluding hydrogens is 292 g/mol. The zero-order valence-electron chi connectivity index (χ0n) is 13.2. The van der Waals surface area contributed by atoms with E-state index in [0.717, 1.165) is 11.3 Å². The minimum Gasteiger partial charge on any atom is -0.497 e. The summed E-state index contributed by atoms with van der Waals surface area (Å²) in [6, 6.07) is 16.3. The van der Waals surface area contributed by atoms with Crippen LogP contribution in [0.4, 0.5) is 0 Å². The highest BCUT2D eigenvalue weighted by molar-refractivity contribution is 5.77. The normalized spacial score (nSPS) is 9.78. The van der Waals surface area contributed by atoms with E-state index in [0.29, 0.717) is 17.9 Å². The van der Waals surface area contributed by atoms with E-state index in [-0.39, 0.29) is 12.5 Å². The number of likely N-dealkylation sites (N-methyl/N-ethyl adjacent to an activating group) is 1. The van der Waals surface area contributed by atoms with Crippen LogP contribution in [0.1, 0.15) is 11.1 Å². The Morgan fingerprint density at radius 2 is 1.91 bits per heavy atom. The van der Waals surface area contributed by atoms with E-state index in [1.165, 1.54) is 0 Å². The van der Waals surface area contributed by atoms with E-state index in [4.69, 9.17) is 14.7 Å². The monoisotopic (exact) mass is 310 g/mol. The van der Waals surface area contributed by atoms with Gasteiger partial charge in [0.15, 0.2) is 6.61 Å². The van der Waals surface area contributed by atoms with Crippen molar-refractivity contribution in [2.24, 2.45) is 0 Å². The molecule has 5 nitrogen and oxygen atoms in total. The maximum Gasteiger partial charge on any atom is 0.260 e. The van der Waals surface area contributed by atoms with Gasteiger partial charge in [0.05, 0.1) is 18.7 Å². The smallest absolute Gasteiger partial charge is 0.260 e. The Bertz CT molecular complexity index is 705. The summed E-state index contributed by atoms with van der Waals surface area (Å²) < 4.78 is 10.6. The first kappa shape index (κ1) is 16.4. The van der Waals surface area contributed by atoms with Gasteiger partial charge in [-0.25, -0.2) is 0 Å². The van der Waals surface area contributed by atoms with Gasteiger partial charge in [-0.1, -0.05) is 12.1 Å². The summed E-state index contributed by atoms with van der Waals surface area (Å²) in [4.78, 5) is 13.7. The van der Waals surface area contributed by atoms with Crippen molar-refractivity contribution >= 4 is 5.91 Å². The van der Waals surface area contributed by atoms with Crippen molar-refractivity contribution in [1.29, 1.82) is 5.26 Å². The second-order valence-corrected chi connectivity index (χ2v) is 5.03. The molecule has 0 spiro atoms. The summed E-state index contributed by atoms with van der Waals surface area (Å²) in [7, 11) is 3.34. The van der Waals surface area contributed by atoms with E-state index < -0.39 is 0 Å². The summed E-state index contributed by atoms with van der Waals surface area (Å²) >= 11 is 0. The lowest BCUT2D eigenvalue weighted by Crippen LogP contribution is -2.30. The van der Waals surface area contributed by atoms with Crippen molar-refractivity contribution in [2.75, 3.05) is 20.8 Å². The molecule has 0 bridgehead atoms. The van der Waals surface area contributed by atoms with Crippen molar-refractivity contribution in [1.82, 2.24) is 4.90 Å². The molecule has 2 aromatic rings. The molecule has 0 heterocycles. The number of nitrogens with zero attached hydrogens (tertiary/aromatic N) is 2. The van der Waals surface area contributed by atoms with Crippen LogP contribution in [0.2, 0.25) is 0 Å². The molecule has 1 amide bonds. The van der Waals surface area contributed by atoms with Gasteiger partial charge in [-0.3, -0.25) is 4.79 Å². The lowest BCUT2D eigenvalue weighted by molar-refractivity contribution is -0.132. The third-order valence-corrected chi connectivity index (χ3v) is 3.33. The average Bonchev–Trinajstić information content (AvgIpc) is 2.60. The fourth-order valence-corrected chi connectivity index (χ4v) is 2.01. The van der Waals surface area contributed by atoms with Gasteiger partial charge in [0.2, 0.25) is 0 Å². The van der Waals surface area contributed by atoms with Crippen LogP contribution < -0.4 is 9.47 Å². The Hall–Kier alpha value is -3.00. The van der Waals surface area contributed by atoms with Gasteiger partial charge in [0, 0.05) is 13.6 Å². The molecule has 0 radical (unpaired) electrons. The predicted octanol–water partition coefficient (Wildman–Crippen LogP) is 2.60. The predicted molar refractivity (Wildman–Crippen MR) is 86.1 cm³/mol. The highest BCUT2D eigenvalue weighted by atomic mass is 16.5. The minimum absolute atomic E-state index is 0.0492. The minimum atomic E-state index is -0.128. The topological polar surface area (TPSA) is 62.6 Å². The van der Waals surface area contributed by atoms with Gasteiger partial charge in [-0.05, 0) is 42.0 Å². The van der Waals surface area contributed by atoms with Gasteiger partial charge in [-0.15, -0.1) is 0 Å². The molecule has 2 rings (SSSR count). The molecule has 0 saturated heterocycles. The molecule has 0 aliphatic carbocycles. The van der Waals surface area contributed by atoms with Gasteiger partial charge in [0.1, 0.15) is 11.5 Å². The summed E-state index contributed by atoms with van der Waals surface area (Å²) in [5.41, 5.74) is 1.54. The first-order valence-corrected chi connectivity index (χ1v) is 7.12. The largest absolute Gasteiger partial charge is 0.497 e. The molecule has 23 heavy (non-hydrogen) atoms. The lowest BCUT2D eigenvalue weighted by Gasteiger charge is -2.18. The number of amides is 1. The average molecular weight is 310 g/mol. The summed E-state index contributed by atoms with van der Waals surface area (Å²) in [5, 5.41) is 8.74. The zero-order valence-corrected chi connectivity index (χ0v) is 13.2. The number of carbonyl (C=O) groups excluding carboxylic acids is 1. The van der Waals surface area contributed by atoms with Crippen LogP contribution in [-0.2, 0) is 11.3 Å². The van der Waals surface area contributed by atoms with E-state index in [1.807, 2.05) is 30.3 Å². The number of nitriles is 1. The quantitative estimate of drug-likeness (QED) is 0.823. The fraction of sp³-hybridized carbons (Fsp3) is 0.222. The molecule has 0 N–H and O–H groups in total. The van der Waals surface area contributed by atoms with Crippen LogP contribution in [0.25, 0.3) is 0 Å². The van der Waals surface area contributed by atoms with Gasteiger partial charge in [-0.2, -0.15) is 5.26 Å². The molecule has 0 aliphatic rings. The second-order valence-electron chi connectivity index (χ2n) is 5.03. The lowest BCUT2D eigenvalue weighted by atomic mass is 10.2. The van der Waals surface area contributed by atoms with E-state index in [1.54, 1.807) is 43.3 Å². The first-order chi connectivity index (χ1) is 11.1. The first-order valence-electron chi connectivity index (χ1n) is 7.12. The van der Waals surface area contributed by atoms with Crippen LogP contribution in [0, 0.1) is 11.3 Å². The number of hydrogen-bond donors (Lipinski definition) is 0.